The summed E-state index contributed by atoms with van der Waals surface area (Å²) < 4.78 is 13.9. The molecule has 0 radical (unpaired) electrons. The van der Waals surface area contributed by atoms with Crippen LogP contribution in [0.3, 0.4) is 0 Å². The van der Waals surface area contributed by atoms with Gasteiger partial charge in [0.05, 0.1) is 22.9 Å². The number of likely N-dealkylation sites (tertiary alicyclic amines) is 1. The molecule has 1 aliphatic heterocycles. The number of halogens is 1. The van der Waals surface area contributed by atoms with Gasteiger partial charge in [0.15, 0.2) is 0 Å². The largest absolute Gasteiger partial charge is 0.347 e. The zero-order chi connectivity index (χ0) is 20.5. The lowest BCUT2D eigenvalue weighted by atomic mass is 9.99. The lowest BCUT2D eigenvalue weighted by molar-refractivity contribution is 0.0737. The van der Waals surface area contributed by atoms with Crippen molar-refractivity contribution in [2.45, 2.75) is 25.8 Å². The first-order chi connectivity index (χ1) is 14.0. The number of aryl methyl sites for hydroxylation is 1. The Hall–Kier alpha value is -2.87. The highest BCUT2D eigenvalue weighted by Gasteiger charge is 2.35. The van der Waals surface area contributed by atoms with Crippen molar-refractivity contribution in [2.24, 2.45) is 0 Å². The van der Waals surface area contributed by atoms with E-state index in [1.165, 1.54) is 23.5 Å². The van der Waals surface area contributed by atoms with E-state index in [9.17, 15) is 9.18 Å². The third-order valence-electron chi connectivity index (χ3n) is 5.11. The van der Waals surface area contributed by atoms with Gasteiger partial charge in [0.25, 0.3) is 5.91 Å². The first-order valence-electron chi connectivity index (χ1n) is 9.47. The number of hydrogen-bond donors (Lipinski definition) is 0. The maximum Gasteiger partial charge on any atom is 0.266 e. The van der Waals surface area contributed by atoms with Crippen LogP contribution >= 0.6 is 11.3 Å². The van der Waals surface area contributed by atoms with Crippen molar-refractivity contribution in [1.82, 2.24) is 19.9 Å². The minimum Gasteiger partial charge on any atom is -0.347 e. The molecular formula is C21H22FN5OS. The molecule has 8 heteroatoms. The topological polar surface area (TPSA) is 62.2 Å². The van der Waals surface area contributed by atoms with Crippen LogP contribution in [0.5, 0.6) is 0 Å². The summed E-state index contributed by atoms with van der Waals surface area (Å²) >= 11 is 1.36. The van der Waals surface area contributed by atoms with Crippen LogP contribution < -0.4 is 4.90 Å². The van der Waals surface area contributed by atoms with Crippen molar-refractivity contribution in [2.75, 3.05) is 25.5 Å². The van der Waals surface area contributed by atoms with Crippen LogP contribution in [0, 0.1) is 12.7 Å². The van der Waals surface area contributed by atoms with E-state index in [0.717, 1.165) is 29.8 Å². The first kappa shape index (κ1) is 19.4. The molecule has 1 fully saturated rings. The number of anilines is 1. The number of nitrogens with zero attached hydrogens (tertiary/aromatic N) is 5. The summed E-state index contributed by atoms with van der Waals surface area (Å²) in [5, 5.41) is 0. The highest BCUT2D eigenvalue weighted by molar-refractivity contribution is 7.11. The van der Waals surface area contributed by atoms with E-state index in [-0.39, 0.29) is 17.8 Å². The molecule has 6 nitrogen and oxygen atoms in total. The van der Waals surface area contributed by atoms with Crippen LogP contribution in [0.1, 0.15) is 39.9 Å². The summed E-state index contributed by atoms with van der Waals surface area (Å²) in [4.78, 5) is 31.0. The van der Waals surface area contributed by atoms with Gasteiger partial charge in [-0.15, -0.1) is 11.3 Å². The highest BCUT2D eigenvalue weighted by Crippen LogP contribution is 2.38. The SMILES string of the molecule is Cc1ncsc1C(=O)N1CCC[C@H]1c1nc(N(C)C)ncc1-c1cccc(F)c1. The zero-order valence-electron chi connectivity index (χ0n) is 16.6. The molecule has 1 aromatic carbocycles. The Bertz CT molecular complexity index is 1050. The Morgan fingerprint density at radius 2 is 2.14 bits per heavy atom. The third kappa shape index (κ3) is 3.72. The number of hydrogen-bond acceptors (Lipinski definition) is 6. The van der Waals surface area contributed by atoms with Crippen molar-refractivity contribution < 1.29 is 9.18 Å². The van der Waals surface area contributed by atoms with Crippen LogP contribution in [0.4, 0.5) is 10.3 Å². The predicted molar refractivity (Wildman–Crippen MR) is 112 cm³/mol. The molecule has 2 aromatic heterocycles. The molecule has 1 aliphatic rings. The van der Waals surface area contributed by atoms with E-state index in [1.54, 1.807) is 17.8 Å². The Balaban J connectivity index is 1.80. The number of carbonyl (C=O) groups excluding carboxylic acids is 1. The summed E-state index contributed by atoms with van der Waals surface area (Å²) in [5.74, 6) is 0.223. The van der Waals surface area contributed by atoms with Crippen LogP contribution in [0.25, 0.3) is 11.1 Å². The Morgan fingerprint density at radius 3 is 2.83 bits per heavy atom. The fourth-order valence-corrected chi connectivity index (χ4v) is 4.42. The van der Waals surface area contributed by atoms with Gasteiger partial charge in [0, 0.05) is 32.4 Å². The number of benzene rings is 1. The second-order valence-electron chi connectivity index (χ2n) is 7.30. The Kier molecular flexibility index (Phi) is 5.27. The van der Waals surface area contributed by atoms with Crippen molar-refractivity contribution in [3.63, 3.8) is 0 Å². The molecule has 3 aromatic rings. The van der Waals surface area contributed by atoms with E-state index >= 15 is 0 Å². The van der Waals surface area contributed by atoms with E-state index < -0.39 is 0 Å². The summed E-state index contributed by atoms with van der Waals surface area (Å²) in [7, 11) is 3.75. The molecule has 29 heavy (non-hydrogen) atoms. The average molecular weight is 412 g/mol. The van der Waals surface area contributed by atoms with Crippen LogP contribution in [-0.2, 0) is 0 Å². The van der Waals surface area contributed by atoms with Gasteiger partial charge in [-0.2, -0.15) is 0 Å². The summed E-state index contributed by atoms with van der Waals surface area (Å²) in [5.41, 5.74) is 4.65. The molecular weight excluding hydrogens is 389 g/mol. The van der Waals surface area contributed by atoms with Crippen LogP contribution in [-0.4, -0.2) is 46.4 Å². The highest BCUT2D eigenvalue weighted by atomic mass is 32.1. The molecule has 0 bridgehead atoms. The van der Waals surface area contributed by atoms with Gasteiger partial charge in [-0.25, -0.2) is 19.3 Å². The van der Waals surface area contributed by atoms with Gasteiger partial charge >= 0.3 is 0 Å². The molecule has 1 atom stereocenters. The number of carbonyl (C=O) groups is 1. The molecule has 150 valence electrons. The molecule has 1 amide bonds. The van der Waals surface area contributed by atoms with Gasteiger partial charge < -0.3 is 9.80 Å². The fourth-order valence-electron chi connectivity index (χ4n) is 3.66. The first-order valence-corrected chi connectivity index (χ1v) is 10.3. The Labute approximate surface area is 173 Å². The van der Waals surface area contributed by atoms with Gasteiger partial charge in [0.2, 0.25) is 5.95 Å². The predicted octanol–water partition coefficient (Wildman–Crippen LogP) is 4.09. The number of aromatic nitrogens is 3. The normalized spacial score (nSPS) is 16.3. The molecule has 0 spiro atoms. The number of thiazole rings is 1. The molecule has 0 unspecified atom stereocenters. The molecule has 3 heterocycles. The average Bonchev–Trinajstić information content (AvgIpc) is 3.36. The van der Waals surface area contributed by atoms with Crippen molar-refractivity contribution in [3.05, 3.63) is 58.1 Å². The standard InChI is InChI=1S/C21H22FN5OS/c1-13-19(29-12-24-13)20(28)27-9-5-8-17(27)18-16(11-23-21(25-18)26(2)3)14-6-4-7-15(22)10-14/h4,6-7,10-12,17H,5,8-9H2,1-3H3/t17-/m0/s1. The second-order valence-corrected chi connectivity index (χ2v) is 8.15. The van der Waals surface area contributed by atoms with Crippen LogP contribution in [0.15, 0.2) is 36.0 Å². The maximum absolute atomic E-state index is 13.9. The van der Waals surface area contributed by atoms with Gasteiger partial charge in [-0.1, -0.05) is 12.1 Å². The van der Waals surface area contributed by atoms with E-state index in [4.69, 9.17) is 4.98 Å². The molecule has 0 aliphatic carbocycles. The van der Waals surface area contributed by atoms with E-state index in [0.29, 0.717) is 22.9 Å². The van der Waals surface area contributed by atoms with Gasteiger partial charge in [-0.3, -0.25) is 4.79 Å². The smallest absolute Gasteiger partial charge is 0.266 e. The molecule has 0 saturated carbocycles. The lowest BCUT2D eigenvalue weighted by Crippen LogP contribution is -2.31. The summed E-state index contributed by atoms with van der Waals surface area (Å²) in [6.07, 6.45) is 3.42. The maximum atomic E-state index is 13.9. The van der Waals surface area contributed by atoms with Crippen molar-refractivity contribution in [3.8, 4) is 11.1 Å². The van der Waals surface area contributed by atoms with E-state index in [1.807, 2.05) is 36.9 Å². The van der Waals surface area contributed by atoms with Gasteiger partial charge in [-0.05, 0) is 37.5 Å². The van der Waals surface area contributed by atoms with E-state index in [2.05, 4.69) is 9.97 Å². The molecule has 0 N–H and O–H groups in total. The minimum atomic E-state index is -0.315. The summed E-state index contributed by atoms with van der Waals surface area (Å²) in [6, 6.07) is 6.22. The zero-order valence-corrected chi connectivity index (χ0v) is 17.4. The lowest BCUT2D eigenvalue weighted by Gasteiger charge is -2.26. The monoisotopic (exact) mass is 411 g/mol. The minimum absolute atomic E-state index is 0.0253. The third-order valence-corrected chi connectivity index (χ3v) is 6.03. The summed E-state index contributed by atoms with van der Waals surface area (Å²) in [6.45, 7) is 2.51. The Morgan fingerprint density at radius 1 is 1.31 bits per heavy atom. The number of rotatable bonds is 4. The van der Waals surface area contributed by atoms with Crippen LogP contribution in [0.2, 0.25) is 0 Å². The van der Waals surface area contributed by atoms with Gasteiger partial charge in [0.1, 0.15) is 10.7 Å². The molecule has 4 rings (SSSR count). The van der Waals surface area contributed by atoms with Crippen molar-refractivity contribution in [1.29, 1.82) is 0 Å². The molecule has 1 saturated heterocycles. The number of amides is 1. The fraction of sp³-hybridized carbons (Fsp3) is 0.333. The van der Waals surface area contributed by atoms with Crippen molar-refractivity contribution >= 4 is 23.2 Å². The second kappa shape index (κ2) is 7.87. The quantitative estimate of drug-likeness (QED) is 0.647.